The topological polar surface area (TPSA) is 22.1 Å². The van der Waals surface area contributed by atoms with Crippen molar-refractivity contribution in [2.75, 3.05) is 0 Å². The Morgan fingerprint density at radius 2 is 1.61 bits per heavy atom. The quantitative estimate of drug-likeness (QED) is 0.514. The van der Waals surface area contributed by atoms with Crippen LogP contribution in [-0.2, 0) is 6.61 Å². The summed E-state index contributed by atoms with van der Waals surface area (Å²) in [5.74, 6) is 0.873. The Bertz CT molecular complexity index is 991. The molecule has 4 rings (SSSR count). The third-order valence-corrected chi connectivity index (χ3v) is 4.01. The second-order valence-corrected chi connectivity index (χ2v) is 5.80. The zero-order chi connectivity index (χ0) is 15.6. The SMILES string of the molecule is Cc1ccc2ccc(OCc3ccc4ccccc4n3)cc2c1. The minimum absolute atomic E-state index is 0.474. The average Bonchev–Trinajstić information content (AvgIpc) is 2.59. The molecule has 2 heteroatoms. The van der Waals surface area contributed by atoms with Crippen molar-refractivity contribution < 1.29 is 4.74 Å². The first-order valence-corrected chi connectivity index (χ1v) is 7.76. The Labute approximate surface area is 135 Å². The van der Waals surface area contributed by atoms with Crippen LogP contribution in [0.15, 0.2) is 72.8 Å². The van der Waals surface area contributed by atoms with Gasteiger partial charge in [-0.2, -0.15) is 0 Å². The Balaban J connectivity index is 1.57. The fraction of sp³-hybridized carbons (Fsp3) is 0.0952. The van der Waals surface area contributed by atoms with E-state index in [0.717, 1.165) is 22.3 Å². The van der Waals surface area contributed by atoms with Crippen LogP contribution >= 0.6 is 0 Å². The van der Waals surface area contributed by atoms with Crippen molar-refractivity contribution in [3.8, 4) is 5.75 Å². The van der Waals surface area contributed by atoms with E-state index in [9.17, 15) is 0 Å². The summed E-state index contributed by atoms with van der Waals surface area (Å²) in [6, 6.07) is 24.9. The summed E-state index contributed by atoms with van der Waals surface area (Å²) in [6.45, 7) is 2.58. The first-order valence-electron chi connectivity index (χ1n) is 7.76. The number of aromatic nitrogens is 1. The number of pyridine rings is 1. The van der Waals surface area contributed by atoms with Crippen LogP contribution in [0.2, 0.25) is 0 Å². The van der Waals surface area contributed by atoms with Gasteiger partial charge in [0.15, 0.2) is 0 Å². The predicted molar refractivity (Wildman–Crippen MR) is 94.8 cm³/mol. The number of nitrogens with zero attached hydrogens (tertiary/aromatic N) is 1. The van der Waals surface area contributed by atoms with Gasteiger partial charge in [0.1, 0.15) is 12.4 Å². The molecule has 0 aliphatic carbocycles. The summed E-state index contributed by atoms with van der Waals surface area (Å²) < 4.78 is 5.93. The van der Waals surface area contributed by atoms with Crippen molar-refractivity contribution in [2.45, 2.75) is 13.5 Å². The van der Waals surface area contributed by atoms with Gasteiger partial charge in [-0.05, 0) is 42.0 Å². The molecule has 0 bridgehead atoms. The summed E-state index contributed by atoms with van der Waals surface area (Å²) in [4.78, 5) is 4.64. The van der Waals surface area contributed by atoms with Gasteiger partial charge in [-0.1, -0.05) is 54.1 Å². The van der Waals surface area contributed by atoms with E-state index in [1.54, 1.807) is 0 Å². The lowest BCUT2D eigenvalue weighted by Gasteiger charge is -2.08. The summed E-state index contributed by atoms with van der Waals surface area (Å²) in [7, 11) is 0. The molecular formula is C21H17NO. The molecule has 0 aliphatic heterocycles. The van der Waals surface area contributed by atoms with Gasteiger partial charge >= 0.3 is 0 Å². The monoisotopic (exact) mass is 299 g/mol. The third-order valence-electron chi connectivity index (χ3n) is 4.01. The molecule has 0 fully saturated rings. The number of aryl methyl sites for hydroxylation is 1. The van der Waals surface area contributed by atoms with Crippen LogP contribution in [0.1, 0.15) is 11.3 Å². The van der Waals surface area contributed by atoms with E-state index in [-0.39, 0.29) is 0 Å². The number of fused-ring (bicyclic) bond motifs is 2. The van der Waals surface area contributed by atoms with E-state index >= 15 is 0 Å². The first-order chi connectivity index (χ1) is 11.3. The van der Waals surface area contributed by atoms with Crippen molar-refractivity contribution in [1.82, 2.24) is 4.98 Å². The van der Waals surface area contributed by atoms with Crippen LogP contribution in [0.5, 0.6) is 5.75 Å². The van der Waals surface area contributed by atoms with Gasteiger partial charge in [0.05, 0.1) is 11.2 Å². The molecule has 0 saturated carbocycles. The van der Waals surface area contributed by atoms with Gasteiger partial charge < -0.3 is 4.74 Å². The van der Waals surface area contributed by atoms with E-state index < -0.39 is 0 Å². The molecule has 23 heavy (non-hydrogen) atoms. The molecule has 2 nitrogen and oxygen atoms in total. The van der Waals surface area contributed by atoms with Crippen molar-refractivity contribution in [2.24, 2.45) is 0 Å². The molecule has 1 heterocycles. The van der Waals surface area contributed by atoms with Gasteiger partial charge in [0, 0.05) is 5.39 Å². The van der Waals surface area contributed by atoms with Crippen molar-refractivity contribution in [1.29, 1.82) is 0 Å². The van der Waals surface area contributed by atoms with Crippen LogP contribution in [0, 0.1) is 6.92 Å². The second kappa shape index (κ2) is 5.73. The molecule has 3 aromatic carbocycles. The summed E-state index contributed by atoms with van der Waals surface area (Å²) in [6.07, 6.45) is 0. The third kappa shape index (κ3) is 2.88. The minimum Gasteiger partial charge on any atom is -0.487 e. The molecule has 4 aromatic rings. The molecule has 1 aromatic heterocycles. The highest BCUT2D eigenvalue weighted by molar-refractivity contribution is 5.84. The van der Waals surface area contributed by atoms with Gasteiger partial charge in [0.25, 0.3) is 0 Å². The van der Waals surface area contributed by atoms with E-state index in [0.29, 0.717) is 6.61 Å². The zero-order valence-electron chi connectivity index (χ0n) is 13.0. The largest absolute Gasteiger partial charge is 0.487 e. The second-order valence-electron chi connectivity index (χ2n) is 5.80. The summed E-state index contributed by atoms with van der Waals surface area (Å²) in [5.41, 5.74) is 3.20. The standard InChI is InChI=1S/C21H17NO/c1-15-6-7-16-9-11-20(13-18(16)12-15)23-14-19-10-8-17-4-2-3-5-21(17)22-19/h2-13H,14H2,1H3. The van der Waals surface area contributed by atoms with Crippen LogP contribution in [0.25, 0.3) is 21.7 Å². The normalized spacial score (nSPS) is 11.0. The van der Waals surface area contributed by atoms with Crippen molar-refractivity contribution in [3.05, 3.63) is 84.1 Å². The van der Waals surface area contributed by atoms with Gasteiger partial charge in [-0.3, -0.25) is 0 Å². The van der Waals surface area contributed by atoms with E-state index in [2.05, 4.69) is 54.4 Å². The van der Waals surface area contributed by atoms with Crippen molar-refractivity contribution in [3.63, 3.8) is 0 Å². The van der Waals surface area contributed by atoms with Crippen LogP contribution in [0.4, 0.5) is 0 Å². The lowest BCUT2D eigenvalue weighted by molar-refractivity contribution is 0.302. The number of ether oxygens (including phenoxy) is 1. The summed E-state index contributed by atoms with van der Waals surface area (Å²) >= 11 is 0. The molecule has 0 saturated heterocycles. The first kappa shape index (κ1) is 13.8. The fourth-order valence-electron chi connectivity index (χ4n) is 2.78. The van der Waals surface area contributed by atoms with Gasteiger partial charge in [-0.15, -0.1) is 0 Å². The molecule has 0 unspecified atom stereocenters. The van der Waals surface area contributed by atoms with Crippen LogP contribution in [-0.4, -0.2) is 4.98 Å². The number of benzene rings is 3. The lowest BCUT2D eigenvalue weighted by Crippen LogP contribution is -1.98. The Morgan fingerprint density at radius 1 is 0.783 bits per heavy atom. The molecular weight excluding hydrogens is 282 g/mol. The van der Waals surface area contributed by atoms with Gasteiger partial charge in [0.2, 0.25) is 0 Å². The van der Waals surface area contributed by atoms with E-state index in [1.807, 2.05) is 30.3 Å². The number of hydrogen-bond acceptors (Lipinski definition) is 2. The summed E-state index contributed by atoms with van der Waals surface area (Å²) in [5, 5.41) is 3.58. The predicted octanol–water partition coefficient (Wildman–Crippen LogP) is 5.28. The number of para-hydroxylation sites is 1. The van der Waals surface area contributed by atoms with Crippen molar-refractivity contribution >= 4 is 21.7 Å². The molecule has 112 valence electrons. The van der Waals surface area contributed by atoms with Gasteiger partial charge in [-0.25, -0.2) is 4.98 Å². The maximum atomic E-state index is 5.93. The fourth-order valence-corrected chi connectivity index (χ4v) is 2.78. The Morgan fingerprint density at radius 3 is 2.57 bits per heavy atom. The molecule has 0 amide bonds. The Kier molecular flexibility index (Phi) is 3.43. The number of hydrogen-bond donors (Lipinski definition) is 0. The molecule has 0 spiro atoms. The molecule has 0 radical (unpaired) electrons. The highest BCUT2D eigenvalue weighted by atomic mass is 16.5. The lowest BCUT2D eigenvalue weighted by atomic mass is 10.1. The van der Waals surface area contributed by atoms with Crippen LogP contribution < -0.4 is 4.74 Å². The maximum absolute atomic E-state index is 5.93. The molecule has 0 N–H and O–H groups in total. The average molecular weight is 299 g/mol. The highest BCUT2D eigenvalue weighted by Gasteiger charge is 2.01. The minimum atomic E-state index is 0.474. The number of rotatable bonds is 3. The maximum Gasteiger partial charge on any atom is 0.130 e. The van der Waals surface area contributed by atoms with E-state index in [4.69, 9.17) is 4.74 Å². The smallest absolute Gasteiger partial charge is 0.130 e. The molecule has 0 aliphatic rings. The molecule has 0 atom stereocenters. The Hall–Kier alpha value is -2.87. The van der Waals surface area contributed by atoms with Crippen LogP contribution in [0.3, 0.4) is 0 Å². The van der Waals surface area contributed by atoms with E-state index in [1.165, 1.54) is 16.3 Å². The zero-order valence-corrected chi connectivity index (χ0v) is 13.0. The highest BCUT2D eigenvalue weighted by Crippen LogP contribution is 2.23.